The fraction of sp³-hybridized carbons (Fsp3) is 0.250. The average molecular weight is 364 g/mol. The van der Waals surface area contributed by atoms with Crippen molar-refractivity contribution in [3.63, 3.8) is 0 Å². The van der Waals surface area contributed by atoms with E-state index in [9.17, 15) is 4.79 Å². The average Bonchev–Trinajstić information content (AvgIpc) is 3.25. The van der Waals surface area contributed by atoms with Gasteiger partial charge >= 0.3 is 0 Å². The molecule has 26 heavy (non-hydrogen) atoms. The number of thiophene rings is 1. The number of amides is 1. The minimum absolute atomic E-state index is 0.00594. The van der Waals surface area contributed by atoms with Crippen molar-refractivity contribution in [2.45, 2.75) is 18.9 Å². The number of nitrogens with one attached hydrogen (secondary N) is 1. The predicted octanol–water partition coefficient (Wildman–Crippen LogP) is 3.60. The highest BCUT2D eigenvalue weighted by atomic mass is 32.1. The molecule has 0 saturated carbocycles. The maximum atomic E-state index is 13.2. The van der Waals surface area contributed by atoms with Crippen LogP contribution in [0.3, 0.4) is 0 Å². The standard InChI is InChI=1S/C20H20N4OS/c25-20(18-7-4-12-26-18)24(16-8-10-21-11-9-16)19-14-22-13-17(23-19)15-5-2-1-3-6-15/h1-7,12-14,16,21H,8-11H2. The molecule has 3 aromatic rings. The summed E-state index contributed by atoms with van der Waals surface area (Å²) in [7, 11) is 0. The Balaban J connectivity index is 1.73. The molecular formula is C20H20N4OS. The summed E-state index contributed by atoms with van der Waals surface area (Å²) in [6, 6.07) is 13.8. The number of carbonyl (C=O) groups excluding carboxylic acids is 1. The van der Waals surface area contributed by atoms with Crippen molar-refractivity contribution in [3.05, 3.63) is 65.1 Å². The Morgan fingerprint density at radius 1 is 1.08 bits per heavy atom. The van der Waals surface area contributed by atoms with Crippen molar-refractivity contribution in [2.75, 3.05) is 18.0 Å². The molecule has 3 heterocycles. The topological polar surface area (TPSA) is 58.1 Å². The van der Waals surface area contributed by atoms with Gasteiger partial charge in [0.2, 0.25) is 0 Å². The molecule has 1 aliphatic heterocycles. The van der Waals surface area contributed by atoms with E-state index in [0.29, 0.717) is 5.82 Å². The van der Waals surface area contributed by atoms with Crippen molar-refractivity contribution >= 4 is 23.1 Å². The van der Waals surface area contributed by atoms with Crippen LogP contribution in [0, 0.1) is 0 Å². The van der Waals surface area contributed by atoms with Crippen molar-refractivity contribution in [1.29, 1.82) is 0 Å². The largest absolute Gasteiger partial charge is 0.317 e. The Morgan fingerprint density at radius 3 is 2.62 bits per heavy atom. The van der Waals surface area contributed by atoms with E-state index < -0.39 is 0 Å². The van der Waals surface area contributed by atoms with Crippen LogP contribution < -0.4 is 10.2 Å². The molecule has 4 rings (SSSR count). The van der Waals surface area contributed by atoms with Crippen molar-refractivity contribution < 1.29 is 4.79 Å². The Morgan fingerprint density at radius 2 is 1.88 bits per heavy atom. The number of benzene rings is 1. The van der Waals surface area contributed by atoms with Gasteiger partial charge in [-0.25, -0.2) is 4.98 Å². The lowest BCUT2D eigenvalue weighted by Crippen LogP contribution is -2.46. The monoisotopic (exact) mass is 364 g/mol. The number of piperidine rings is 1. The van der Waals surface area contributed by atoms with Crippen LogP contribution >= 0.6 is 11.3 Å². The quantitative estimate of drug-likeness (QED) is 0.768. The van der Waals surface area contributed by atoms with Crippen LogP contribution in [0.2, 0.25) is 0 Å². The van der Waals surface area contributed by atoms with E-state index in [2.05, 4.69) is 10.3 Å². The lowest BCUT2D eigenvalue weighted by atomic mass is 10.0. The molecule has 1 aromatic carbocycles. The minimum atomic E-state index is 0.00594. The second-order valence-electron chi connectivity index (χ2n) is 6.26. The second-order valence-corrected chi connectivity index (χ2v) is 7.21. The third kappa shape index (κ3) is 3.52. The minimum Gasteiger partial charge on any atom is -0.317 e. The zero-order chi connectivity index (χ0) is 17.8. The van der Waals surface area contributed by atoms with Crippen LogP contribution in [-0.4, -0.2) is 35.0 Å². The Labute approximate surface area is 156 Å². The van der Waals surface area contributed by atoms with E-state index in [4.69, 9.17) is 4.98 Å². The van der Waals surface area contributed by atoms with Gasteiger partial charge < -0.3 is 5.32 Å². The highest BCUT2D eigenvalue weighted by Crippen LogP contribution is 2.26. The molecule has 0 atom stereocenters. The van der Waals surface area contributed by atoms with Gasteiger partial charge in [-0.3, -0.25) is 14.7 Å². The molecule has 1 amide bonds. The van der Waals surface area contributed by atoms with E-state index >= 15 is 0 Å². The summed E-state index contributed by atoms with van der Waals surface area (Å²) in [5, 5.41) is 5.29. The first-order valence-corrected chi connectivity index (χ1v) is 9.66. The molecule has 132 valence electrons. The van der Waals surface area contributed by atoms with Gasteiger partial charge in [0.15, 0.2) is 5.82 Å². The zero-order valence-corrected chi connectivity index (χ0v) is 15.2. The molecule has 0 aliphatic carbocycles. The highest BCUT2D eigenvalue weighted by Gasteiger charge is 2.29. The fourth-order valence-corrected chi connectivity index (χ4v) is 3.92. The van der Waals surface area contributed by atoms with Crippen LogP contribution in [0.5, 0.6) is 0 Å². The highest BCUT2D eigenvalue weighted by molar-refractivity contribution is 7.12. The molecule has 0 spiro atoms. The molecule has 1 saturated heterocycles. The summed E-state index contributed by atoms with van der Waals surface area (Å²) in [6.45, 7) is 1.81. The molecule has 0 bridgehead atoms. The van der Waals surface area contributed by atoms with Crippen LogP contribution in [0.25, 0.3) is 11.3 Å². The third-order valence-electron chi connectivity index (χ3n) is 4.56. The zero-order valence-electron chi connectivity index (χ0n) is 14.3. The van der Waals surface area contributed by atoms with Crippen LogP contribution in [0.15, 0.2) is 60.2 Å². The summed E-state index contributed by atoms with van der Waals surface area (Å²) < 4.78 is 0. The predicted molar refractivity (Wildman–Crippen MR) is 104 cm³/mol. The van der Waals surface area contributed by atoms with E-state index in [1.807, 2.05) is 52.7 Å². The normalized spacial score (nSPS) is 14.9. The van der Waals surface area contributed by atoms with Gasteiger partial charge in [0, 0.05) is 11.6 Å². The van der Waals surface area contributed by atoms with Gasteiger partial charge in [0.25, 0.3) is 5.91 Å². The van der Waals surface area contributed by atoms with Gasteiger partial charge in [0.1, 0.15) is 0 Å². The van der Waals surface area contributed by atoms with Crippen molar-refractivity contribution in [1.82, 2.24) is 15.3 Å². The molecule has 6 heteroatoms. The van der Waals surface area contributed by atoms with E-state index in [1.165, 1.54) is 11.3 Å². The third-order valence-corrected chi connectivity index (χ3v) is 5.42. The molecule has 0 radical (unpaired) electrons. The number of rotatable bonds is 4. The Kier molecular flexibility index (Phi) is 5.04. The van der Waals surface area contributed by atoms with Crippen molar-refractivity contribution in [3.8, 4) is 11.3 Å². The first-order valence-electron chi connectivity index (χ1n) is 8.78. The van der Waals surface area contributed by atoms with Crippen LogP contribution in [-0.2, 0) is 0 Å². The molecule has 1 fully saturated rings. The Hall–Kier alpha value is -2.57. The lowest BCUT2D eigenvalue weighted by molar-refractivity contribution is 0.0974. The summed E-state index contributed by atoms with van der Waals surface area (Å²) in [5.41, 5.74) is 1.77. The van der Waals surface area contributed by atoms with E-state index in [-0.39, 0.29) is 11.9 Å². The lowest BCUT2D eigenvalue weighted by Gasteiger charge is -2.33. The Bertz CT molecular complexity index is 861. The summed E-state index contributed by atoms with van der Waals surface area (Å²) in [6.07, 6.45) is 5.26. The molecule has 0 unspecified atom stereocenters. The SMILES string of the molecule is O=C(c1cccs1)N(c1cncc(-c2ccccc2)n1)C1CCNCC1. The van der Waals surface area contributed by atoms with Gasteiger partial charge in [-0.05, 0) is 37.4 Å². The van der Waals surface area contributed by atoms with Gasteiger partial charge in [-0.15, -0.1) is 11.3 Å². The maximum Gasteiger partial charge on any atom is 0.269 e. The summed E-state index contributed by atoms with van der Waals surface area (Å²) in [5.74, 6) is 0.628. The molecule has 1 N–H and O–H groups in total. The number of carbonyl (C=O) groups is 1. The first kappa shape index (κ1) is 16.9. The fourth-order valence-electron chi connectivity index (χ4n) is 3.26. The van der Waals surface area contributed by atoms with Crippen molar-refractivity contribution in [2.24, 2.45) is 0 Å². The molecule has 1 aliphatic rings. The van der Waals surface area contributed by atoms with Gasteiger partial charge in [0.05, 0.1) is 23.0 Å². The molecule has 5 nitrogen and oxygen atoms in total. The number of hydrogen-bond acceptors (Lipinski definition) is 5. The smallest absolute Gasteiger partial charge is 0.269 e. The van der Waals surface area contributed by atoms with E-state index in [0.717, 1.165) is 42.1 Å². The molecule has 2 aromatic heterocycles. The number of aromatic nitrogens is 2. The summed E-state index contributed by atoms with van der Waals surface area (Å²) >= 11 is 1.46. The van der Waals surface area contributed by atoms with Crippen LogP contribution in [0.1, 0.15) is 22.5 Å². The maximum absolute atomic E-state index is 13.2. The number of hydrogen-bond donors (Lipinski definition) is 1. The first-order chi connectivity index (χ1) is 12.8. The second kappa shape index (κ2) is 7.76. The number of anilines is 1. The number of nitrogens with zero attached hydrogens (tertiary/aromatic N) is 3. The van der Waals surface area contributed by atoms with Gasteiger partial charge in [-0.2, -0.15) is 0 Å². The summed E-state index contributed by atoms with van der Waals surface area (Å²) in [4.78, 5) is 24.9. The van der Waals surface area contributed by atoms with Crippen LogP contribution in [0.4, 0.5) is 5.82 Å². The van der Waals surface area contributed by atoms with E-state index in [1.54, 1.807) is 12.4 Å². The van der Waals surface area contributed by atoms with Gasteiger partial charge in [-0.1, -0.05) is 36.4 Å². The molecular weight excluding hydrogens is 344 g/mol.